The number of halogens is 2. The average molecular weight is 385 g/mol. The molecule has 0 bridgehead atoms. The average Bonchev–Trinajstić information content (AvgIpc) is 2.60. The van der Waals surface area contributed by atoms with Crippen LogP contribution in [0.3, 0.4) is 0 Å². The van der Waals surface area contributed by atoms with Gasteiger partial charge in [0.1, 0.15) is 30.6 Å². The Balaban J connectivity index is 1.99. The number of esters is 1. The van der Waals surface area contributed by atoms with Crippen molar-refractivity contribution in [3.8, 4) is 5.75 Å². The van der Waals surface area contributed by atoms with Crippen molar-refractivity contribution < 1.29 is 31.5 Å². The highest BCUT2D eigenvalue weighted by molar-refractivity contribution is 7.89. The Morgan fingerprint density at radius 3 is 2.31 bits per heavy atom. The third kappa shape index (κ3) is 4.77. The van der Waals surface area contributed by atoms with E-state index in [2.05, 4.69) is 0 Å². The smallest absolute Gasteiger partial charge is 0.341 e. The second kappa shape index (κ2) is 8.24. The molecule has 0 N–H and O–H groups in total. The summed E-state index contributed by atoms with van der Waals surface area (Å²) in [5.41, 5.74) is -0.491. The molecule has 0 aliphatic carbocycles. The Morgan fingerprint density at radius 1 is 1.04 bits per heavy atom. The molecule has 0 saturated carbocycles. The van der Waals surface area contributed by atoms with Crippen LogP contribution in [0.25, 0.3) is 0 Å². The van der Waals surface area contributed by atoms with E-state index in [4.69, 9.17) is 9.47 Å². The van der Waals surface area contributed by atoms with Crippen LogP contribution in [0, 0.1) is 11.6 Å². The predicted octanol–water partition coefficient (Wildman–Crippen LogP) is 2.45. The molecule has 0 aliphatic heterocycles. The lowest BCUT2D eigenvalue weighted by molar-refractivity contribution is 0.0445. The normalized spacial score (nSPS) is 11.4. The molecular formula is C17H17F2NO5S. The van der Waals surface area contributed by atoms with Crippen molar-refractivity contribution in [2.75, 3.05) is 27.3 Å². The van der Waals surface area contributed by atoms with Gasteiger partial charge < -0.3 is 9.47 Å². The highest BCUT2D eigenvalue weighted by Crippen LogP contribution is 2.18. The zero-order valence-electron chi connectivity index (χ0n) is 14.1. The van der Waals surface area contributed by atoms with E-state index in [1.807, 2.05) is 0 Å². The molecule has 2 aromatic carbocycles. The summed E-state index contributed by atoms with van der Waals surface area (Å²) in [6.45, 7) is -0.227. The quantitative estimate of drug-likeness (QED) is 0.541. The van der Waals surface area contributed by atoms with Crippen LogP contribution in [-0.4, -0.2) is 46.0 Å². The number of benzene rings is 2. The van der Waals surface area contributed by atoms with Gasteiger partial charge in [-0.05, 0) is 42.5 Å². The van der Waals surface area contributed by atoms with Crippen LogP contribution >= 0.6 is 0 Å². The van der Waals surface area contributed by atoms with Crippen molar-refractivity contribution in [3.63, 3.8) is 0 Å². The van der Waals surface area contributed by atoms with Gasteiger partial charge in [-0.3, -0.25) is 0 Å². The molecule has 140 valence electrons. The summed E-state index contributed by atoms with van der Waals surface area (Å²) in [6, 6.07) is 8.13. The van der Waals surface area contributed by atoms with Gasteiger partial charge in [0, 0.05) is 14.1 Å². The summed E-state index contributed by atoms with van der Waals surface area (Å²) in [7, 11) is -1.17. The third-order valence-corrected chi connectivity index (χ3v) is 5.15. The fourth-order valence-corrected chi connectivity index (χ4v) is 2.86. The maximum atomic E-state index is 13.8. The number of rotatable bonds is 7. The van der Waals surface area contributed by atoms with Gasteiger partial charge in [0.05, 0.1) is 10.5 Å². The standard InChI is InChI=1S/C17H17F2NO5S/c1-20(2)26(22,23)14-7-8-16(19)15(11-14)17(21)25-10-9-24-13-5-3-12(18)4-6-13/h3-8,11H,9-10H2,1-2H3. The van der Waals surface area contributed by atoms with Gasteiger partial charge in [-0.25, -0.2) is 26.3 Å². The number of ether oxygens (including phenoxy) is 2. The number of nitrogens with zero attached hydrogens (tertiary/aromatic N) is 1. The van der Waals surface area contributed by atoms with Crippen molar-refractivity contribution in [3.05, 3.63) is 59.7 Å². The van der Waals surface area contributed by atoms with Crippen LogP contribution < -0.4 is 4.74 Å². The third-order valence-electron chi connectivity index (χ3n) is 3.34. The van der Waals surface area contributed by atoms with E-state index in [-0.39, 0.29) is 18.1 Å². The van der Waals surface area contributed by atoms with E-state index >= 15 is 0 Å². The topological polar surface area (TPSA) is 72.9 Å². The van der Waals surface area contributed by atoms with E-state index in [1.165, 1.54) is 38.4 Å². The van der Waals surface area contributed by atoms with E-state index < -0.39 is 33.2 Å². The minimum absolute atomic E-state index is 0.0331. The second-order valence-corrected chi connectivity index (χ2v) is 7.52. The SMILES string of the molecule is CN(C)S(=O)(=O)c1ccc(F)c(C(=O)OCCOc2ccc(F)cc2)c1. The van der Waals surface area contributed by atoms with E-state index in [0.717, 1.165) is 22.5 Å². The lowest BCUT2D eigenvalue weighted by Gasteiger charge is -2.13. The van der Waals surface area contributed by atoms with Crippen molar-refractivity contribution in [2.45, 2.75) is 4.90 Å². The van der Waals surface area contributed by atoms with Crippen LogP contribution in [0.15, 0.2) is 47.4 Å². The molecule has 0 aliphatic rings. The zero-order chi connectivity index (χ0) is 19.3. The van der Waals surface area contributed by atoms with Gasteiger partial charge in [-0.15, -0.1) is 0 Å². The molecule has 0 spiro atoms. The molecule has 0 unspecified atom stereocenters. The van der Waals surface area contributed by atoms with Crippen LogP contribution in [0.1, 0.15) is 10.4 Å². The monoisotopic (exact) mass is 385 g/mol. The fraction of sp³-hybridized carbons (Fsp3) is 0.235. The van der Waals surface area contributed by atoms with Gasteiger partial charge in [0.15, 0.2) is 0 Å². The Bertz CT molecular complexity index is 883. The molecular weight excluding hydrogens is 368 g/mol. The van der Waals surface area contributed by atoms with Crippen molar-refractivity contribution in [2.24, 2.45) is 0 Å². The second-order valence-electron chi connectivity index (χ2n) is 5.37. The molecule has 0 radical (unpaired) electrons. The van der Waals surface area contributed by atoms with Crippen molar-refractivity contribution in [1.82, 2.24) is 4.31 Å². The van der Waals surface area contributed by atoms with Crippen LogP contribution in [0.5, 0.6) is 5.75 Å². The Labute approximate surface area is 150 Å². The molecule has 26 heavy (non-hydrogen) atoms. The van der Waals surface area contributed by atoms with E-state index in [9.17, 15) is 22.0 Å². The van der Waals surface area contributed by atoms with Crippen molar-refractivity contribution >= 4 is 16.0 Å². The Hall–Kier alpha value is -2.52. The highest BCUT2D eigenvalue weighted by atomic mass is 32.2. The van der Waals surface area contributed by atoms with Crippen LogP contribution in [0.4, 0.5) is 8.78 Å². The molecule has 2 rings (SSSR count). The van der Waals surface area contributed by atoms with E-state index in [1.54, 1.807) is 0 Å². The zero-order valence-corrected chi connectivity index (χ0v) is 14.9. The van der Waals surface area contributed by atoms with Gasteiger partial charge in [-0.1, -0.05) is 0 Å². The Morgan fingerprint density at radius 2 is 1.69 bits per heavy atom. The fourth-order valence-electron chi connectivity index (χ4n) is 1.93. The maximum Gasteiger partial charge on any atom is 0.341 e. The number of carbonyl (C=O) groups excluding carboxylic acids is 1. The summed E-state index contributed by atoms with van der Waals surface area (Å²) < 4.78 is 61.8. The largest absolute Gasteiger partial charge is 0.490 e. The van der Waals surface area contributed by atoms with Crippen molar-refractivity contribution in [1.29, 1.82) is 0 Å². The van der Waals surface area contributed by atoms with Crippen LogP contribution in [0.2, 0.25) is 0 Å². The first-order chi connectivity index (χ1) is 12.2. The molecule has 0 amide bonds. The number of hydrogen-bond donors (Lipinski definition) is 0. The molecule has 0 saturated heterocycles. The number of sulfonamides is 1. The number of hydrogen-bond acceptors (Lipinski definition) is 5. The summed E-state index contributed by atoms with van der Waals surface area (Å²) in [5, 5.41) is 0. The summed E-state index contributed by atoms with van der Waals surface area (Å²) >= 11 is 0. The van der Waals surface area contributed by atoms with Crippen LogP contribution in [-0.2, 0) is 14.8 Å². The van der Waals surface area contributed by atoms with Gasteiger partial charge in [0.2, 0.25) is 10.0 Å². The molecule has 2 aromatic rings. The van der Waals surface area contributed by atoms with Gasteiger partial charge in [-0.2, -0.15) is 0 Å². The molecule has 0 heterocycles. The molecule has 0 fully saturated rings. The van der Waals surface area contributed by atoms with Gasteiger partial charge in [0.25, 0.3) is 0 Å². The summed E-state index contributed by atoms with van der Waals surface area (Å²) in [5.74, 6) is -1.94. The Kier molecular flexibility index (Phi) is 6.27. The minimum atomic E-state index is -3.81. The first-order valence-corrected chi connectivity index (χ1v) is 8.93. The summed E-state index contributed by atoms with van der Waals surface area (Å²) in [4.78, 5) is 11.8. The maximum absolute atomic E-state index is 13.8. The predicted molar refractivity (Wildman–Crippen MR) is 89.5 cm³/mol. The first kappa shape index (κ1) is 19.8. The molecule has 0 aromatic heterocycles. The first-order valence-electron chi connectivity index (χ1n) is 7.49. The highest BCUT2D eigenvalue weighted by Gasteiger charge is 2.22. The minimum Gasteiger partial charge on any atom is -0.490 e. The lowest BCUT2D eigenvalue weighted by Crippen LogP contribution is -2.23. The number of carbonyl (C=O) groups is 1. The molecule has 0 atom stereocenters. The molecule has 6 nitrogen and oxygen atoms in total. The summed E-state index contributed by atoms with van der Waals surface area (Å²) in [6.07, 6.45) is 0. The lowest BCUT2D eigenvalue weighted by atomic mass is 10.2. The molecule has 9 heteroatoms. The van der Waals surface area contributed by atoms with E-state index in [0.29, 0.717) is 5.75 Å². The van der Waals surface area contributed by atoms with Gasteiger partial charge >= 0.3 is 5.97 Å².